The van der Waals surface area contributed by atoms with Gasteiger partial charge in [-0.2, -0.15) is 0 Å². The summed E-state index contributed by atoms with van der Waals surface area (Å²) in [5.74, 6) is 1.40. The summed E-state index contributed by atoms with van der Waals surface area (Å²) in [5.41, 5.74) is 1.78. The highest BCUT2D eigenvalue weighted by Crippen LogP contribution is 2.38. The van der Waals surface area contributed by atoms with Crippen molar-refractivity contribution >= 4 is 22.9 Å². The van der Waals surface area contributed by atoms with Crippen LogP contribution in [0.25, 0.3) is 0 Å². The second-order valence-corrected chi connectivity index (χ2v) is 6.67. The Balaban J connectivity index is 1.89. The van der Waals surface area contributed by atoms with Gasteiger partial charge in [0, 0.05) is 22.9 Å². The smallest absolute Gasteiger partial charge is 0.265 e. The van der Waals surface area contributed by atoms with Crippen LogP contribution in [0.4, 0.5) is 5.69 Å². The molecule has 0 saturated heterocycles. The van der Waals surface area contributed by atoms with Crippen molar-refractivity contribution < 1.29 is 14.3 Å². The van der Waals surface area contributed by atoms with Gasteiger partial charge in [0.2, 0.25) is 0 Å². The Morgan fingerprint density at radius 2 is 2.27 bits per heavy atom. The topological polar surface area (TPSA) is 47.6 Å². The van der Waals surface area contributed by atoms with Crippen LogP contribution in [-0.2, 0) is 6.42 Å². The third kappa shape index (κ3) is 2.95. The van der Waals surface area contributed by atoms with Crippen LogP contribution in [-0.4, -0.2) is 18.6 Å². The van der Waals surface area contributed by atoms with Crippen LogP contribution in [0, 0.1) is 6.92 Å². The molecule has 1 aromatic carbocycles. The molecule has 2 aromatic rings. The number of amides is 1. The molecule has 0 radical (unpaired) electrons. The van der Waals surface area contributed by atoms with Crippen molar-refractivity contribution in [1.82, 2.24) is 0 Å². The summed E-state index contributed by atoms with van der Waals surface area (Å²) < 4.78 is 11.4. The second-order valence-electron chi connectivity index (χ2n) is 5.39. The maximum Gasteiger partial charge on any atom is 0.265 e. The van der Waals surface area contributed by atoms with Crippen molar-refractivity contribution in [3.05, 3.63) is 39.6 Å². The van der Waals surface area contributed by atoms with Gasteiger partial charge < -0.3 is 14.8 Å². The molecule has 0 fully saturated rings. The molecule has 116 valence electrons. The molecule has 0 aliphatic carbocycles. The lowest BCUT2D eigenvalue weighted by Gasteiger charge is -2.13. The van der Waals surface area contributed by atoms with Gasteiger partial charge in [-0.05, 0) is 39.0 Å². The Kier molecular flexibility index (Phi) is 4.07. The van der Waals surface area contributed by atoms with Crippen molar-refractivity contribution in [3.8, 4) is 11.5 Å². The van der Waals surface area contributed by atoms with E-state index >= 15 is 0 Å². The average Bonchev–Trinajstić information content (AvgIpc) is 3.04. The molecule has 5 heteroatoms. The standard InChI is InChI=1S/C17H19NO3S/c1-4-20-15-8-12-7-10(2)21-14(12)9-13(15)18-17(19)16-6-5-11(3)22-16/h5-6,8-10H,4,7H2,1-3H3,(H,18,19). The van der Waals surface area contributed by atoms with Gasteiger partial charge in [-0.3, -0.25) is 4.79 Å². The molecule has 1 amide bonds. The first-order chi connectivity index (χ1) is 10.6. The maximum atomic E-state index is 12.4. The van der Waals surface area contributed by atoms with Gasteiger partial charge in [0.05, 0.1) is 17.2 Å². The van der Waals surface area contributed by atoms with E-state index in [1.807, 2.05) is 45.0 Å². The summed E-state index contributed by atoms with van der Waals surface area (Å²) in [6, 6.07) is 7.61. The van der Waals surface area contributed by atoms with E-state index in [0.717, 1.165) is 22.6 Å². The molecular formula is C17H19NO3S. The predicted molar refractivity (Wildman–Crippen MR) is 88.4 cm³/mol. The van der Waals surface area contributed by atoms with E-state index in [1.165, 1.54) is 11.3 Å². The lowest BCUT2D eigenvalue weighted by atomic mass is 10.1. The number of rotatable bonds is 4. The molecule has 1 aliphatic heterocycles. The van der Waals surface area contributed by atoms with Gasteiger partial charge in [0.1, 0.15) is 17.6 Å². The zero-order valence-corrected chi connectivity index (χ0v) is 13.8. The molecule has 1 aliphatic rings. The number of aryl methyl sites for hydroxylation is 1. The molecule has 2 heterocycles. The summed E-state index contributed by atoms with van der Waals surface area (Å²) in [5, 5.41) is 2.94. The highest BCUT2D eigenvalue weighted by atomic mass is 32.1. The largest absolute Gasteiger partial charge is 0.492 e. The van der Waals surface area contributed by atoms with E-state index in [0.29, 0.717) is 22.9 Å². The summed E-state index contributed by atoms with van der Waals surface area (Å²) in [7, 11) is 0. The monoisotopic (exact) mass is 317 g/mol. The Hall–Kier alpha value is -2.01. The van der Waals surface area contributed by atoms with E-state index in [9.17, 15) is 4.79 Å². The number of ether oxygens (including phenoxy) is 2. The van der Waals surface area contributed by atoms with E-state index < -0.39 is 0 Å². The van der Waals surface area contributed by atoms with Gasteiger partial charge in [-0.1, -0.05) is 0 Å². The number of hydrogen-bond acceptors (Lipinski definition) is 4. The minimum atomic E-state index is -0.120. The fourth-order valence-corrected chi connectivity index (χ4v) is 3.32. The molecule has 3 rings (SSSR count). The zero-order valence-electron chi connectivity index (χ0n) is 12.9. The van der Waals surface area contributed by atoms with Crippen molar-refractivity contribution in [2.24, 2.45) is 0 Å². The number of carbonyl (C=O) groups excluding carboxylic acids is 1. The molecule has 22 heavy (non-hydrogen) atoms. The van der Waals surface area contributed by atoms with Gasteiger partial charge in [0.25, 0.3) is 5.91 Å². The van der Waals surface area contributed by atoms with Crippen molar-refractivity contribution in [2.75, 3.05) is 11.9 Å². The number of carbonyl (C=O) groups is 1. The Morgan fingerprint density at radius 3 is 2.95 bits per heavy atom. The minimum absolute atomic E-state index is 0.120. The van der Waals surface area contributed by atoms with Crippen LogP contribution in [0.1, 0.15) is 34.0 Å². The summed E-state index contributed by atoms with van der Waals surface area (Å²) in [6.45, 7) is 6.50. The first-order valence-corrected chi connectivity index (χ1v) is 8.22. The molecule has 1 unspecified atom stereocenters. The Bertz CT molecular complexity index is 708. The molecule has 1 aromatic heterocycles. The molecule has 4 nitrogen and oxygen atoms in total. The van der Waals surface area contributed by atoms with Gasteiger partial charge >= 0.3 is 0 Å². The molecule has 1 atom stereocenters. The van der Waals surface area contributed by atoms with Crippen LogP contribution < -0.4 is 14.8 Å². The summed E-state index contributed by atoms with van der Waals surface area (Å²) in [6.07, 6.45) is 1.03. The highest BCUT2D eigenvalue weighted by Gasteiger charge is 2.23. The summed E-state index contributed by atoms with van der Waals surface area (Å²) in [4.78, 5) is 14.2. The molecule has 0 saturated carbocycles. The van der Waals surface area contributed by atoms with Gasteiger partial charge in [0.15, 0.2) is 0 Å². The number of nitrogens with one attached hydrogen (secondary N) is 1. The Morgan fingerprint density at radius 1 is 1.45 bits per heavy atom. The Labute approximate surface area is 134 Å². The van der Waals surface area contributed by atoms with Crippen LogP contribution in [0.15, 0.2) is 24.3 Å². The minimum Gasteiger partial charge on any atom is -0.492 e. The number of hydrogen-bond donors (Lipinski definition) is 1. The van der Waals surface area contributed by atoms with Crippen molar-refractivity contribution in [2.45, 2.75) is 33.3 Å². The molecule has 1 N–H and O–H groups in total. The SMILES string of the molecule is CCOc1cc2c(cc1NC(=O)c1ccc(C)s1)OC(C)C2. The van der Waals surface area contributed by atoms with Crippen LogP contribution in [0.3, 0.4) is 0 Å². The number of thiophene rings is 1. The first kappa shape index (κ1) is 14.9. The zero-order chi connectivity index (χ0) is 15.7. The van der Waals surface area contributed by atoms with Crippen molar-refractivity contribution in [1.29, 1.82) is 0 Å². The summed E-state index contributed by atoms with van der Waals surface area (Å²) >= 11 is 1.48. The fourth-order valence-electron chi connectivity index (χ4n) is 2.55. The molecule has 0 bridgehead atoms. The highest BCUT2D eigenvalue weighted by molar-refractivity contribution is 7.14. The third-order valence-electron chi connectivity index (χ3n) is 3.51. The lowest BCUT2D eigenvalue weighted by molar-refractivity contribution is 0.103. The molecule has 0 spiro atoms. The molecular weight excluding hydrogens is 298 g/mol. The van der Waals surface area contributed by atoms with Gasteiger partial charge in [-0.15, -0.1) is 11.3 Å². The van der Waals surface area contributed by atoms with E-state index in [-0.39, 0.29) is 12.0 Å². The predicted octanol–water partition coefficient (Wildman–Crippen LogP) is 4.03. The normalized spacial score (nSPS) is 16.0. The average molecular weight is 317 g/mol. The van der Waals surface area contributed by atoms with E-state index in [2.05, 4.69) is 5.32 Å². The first-order valence-electron chi connectivity index (χ1n) is 7.41. The van der Waals surface area contributed by atoms with Crippen LogP contribution in [0.5, 0.6) is 11.5 Å². The number of benzene rings is 1. The van der Waals surface area contributed by atoms with Gasteiger partial charge in [-0.25, -0.2) is 0 Å². The second kappa shape index (κ2) is 6.01. The van der Waals surface area contributed by atoms with E-state index in [4.69, 9.17) is 9.47 Å². The van der Waals surface area contributed by atoms with E-state index in [1.54, 1.807) is 0 Å². The van der Waals surface area contributed by atoms with Crippen molar-refractivity contribution in [3.63, 3.8) is 0 Å². The number of anilines is 1. The third-order valence-corrected chi connectivity index (χ3v) is 4.51. The maximum absolute atomic E-state index is 12.4. The number of fused-ring (bicyclic) bond motifs is 1. The van der Waals surface area contributed by atoms with Crippen LogP contribution >= 0.6 is 11.3 Å². The lowest BCUT2D eigenvalue weighted by Crippen LogP contribution is -2.11. The van der Waals surface area contributed by atoms with Crippen LogP contribution in [0.2, 0.25) is 0 Å². The fraction of sp³-hybridized carbons (Fsp3) is 0.353. The quantitative estimate of drug-likeness (QED) is 0.926.